The van der Waals surface area contributed by atoms with Crippen molar-refractivity contribution in [3.05, 3.63) is 58.4 Å². The largest absolute Gasteiger partial charge is 0.497 e. The molecule has 2 aromatic rings. The third-order valence-corrected chi connectivity index (χ3v) is 3.86. The lowest BCUT2D eigenvalue weighted by Gasteiger charge is -2.23. The van der Waals surface area contributed by atoms with Gasteiger partial charge in [-0.15, -0.1) is 0 Å². The molecule has 0 amide bonds. The van der Waals surface area contributed by atoms with Gasteiger partial charge in [0, 0.05) is 0 Å². The number of nitrogens with zero attached hydrogens (tertiary/aromatic N) is 1. The van der Waals surface area contributed by atoms with E-state index in [-0.39, 0.29) is 12.6 Å². The molecule has 122 valence electrons. The quantitative estimate of drug-likeness (QED) is 0.611. The summed E-state index contributed by atoms with van der Waals surface area (Å²) in [6, 6.07) is 11.0. The van der Waals surface area contributed by atoms with Gasteiger partial charge in [-0.3, -0.25) is 4.79 Å². The van der Waals surface area contributed by atoms with Crippen LogP contribution in [-0.4, -0.2) is 18.1 Å². The molecule has 0 bridgehead atoms. The van der Waals surface area contributed by atoms with Crippen molar-refractivity contribution in [1.29, 1.82) is 0 Å². The maximum Gasteiger partial charge on any atom is 0.316 e. The van der Waals surface area contributed by atoms with Gasteiger partial charge in [0.1, 0.15) is 17.5 Å². The molecule has 0 aliphatic heterocycles. The van der Waals surface area contributed by atoms with Crippen LogP contribution in [0.25, 0.3) is 0 Å². The third kappa shape index (κ3) is 4.23. The predicted octanol–water partition coefficient (Wildman–Crippen LogP) is 4.07. The first-order chi connectivity index (χ1) is 10.8. The molecule has 2 rings (SSSR count). The monoisotopic (exact) mass is 333 g/mol. The molecular weight excluding hydrogens is 314 g/mol. The van der Waals surface area contributed by atoms with E-state index in [2.05, 4.69) is 4.98 Å². The molecule has 0 saturated heterocycles. The summed E-state index contributed by atoms with van der Waals surface area (Å²) in [5.74, 6) is 0.429. The van der Waals surface area contributed by atoms with Gasteiger partial charge in [-0.2, -0.15) is 0 Å². The fourth-order valence-electron chi connectivity index (χ4n) is 2.21. The number of carbonyl (C=O) groups excluding carboxylic acids is 1. The maximum atomic E-state index is 12.4. The van der Waals surface area contributed by atoms with Crippen LogP contribution < -0.4 is 4.74 Å². The number of hydrogen-bond acceptors (Lipinski definition) is 4. The fourth-order valence-corrected chi connectivity index (χ4v) is 2.49. The Labute approximate surface area is 141 Å². The summed E-state index contributed by atoms with van der Waals surface area (Å²) in [5.41, 5.74) is 1.71. The van der Waals surface area contributed by atoms with E-state index in [0.29, 0.717) is 10.8 Å². The number of ether oxygens (including phenoxy) is 2. The molecule has 5 heteroatoms. The predicted molar refractivity (Wildman–Crippen MR) is 89.8 cm³/mol. The smallest absolute Gasteiger partial charge is 0.316 e. The van der Waals surface area contributed by atoms with Gasteiger partial charge in [0.2, 0.25) is 0 Å². The highest BCUT2D eigenvalue weighted by Crippen LogP contribution is 2.27. The Morgan fingerprint density at radius 3 is 2.43 bits per heavy atom. The summed E-state index contributed by atoms with van der Waals surface area (Å²) < 4.78 is 10.6. The Balaban J connectivity index is 2.08. The topological polar surface area (TPSA) is 48.4 Å². The molecule has 1 aromatic heterocycles. The molecule has 1 aromatic carbocycles. The van der Waals surface area contributed by atoms with Crippen molar-refractivity contribution in [1.82, 2.24) is 4.98 Å². The van der Waals surface area contributed by atoms with Gasteiger partial charge >= 0.3 is 5.97 Å². The first kappa shape index (κ1) is 17.3. The summed E-state index contributed by atoms with van der Waals surface area (Å²) >= 11 is 5.92. The van der Waals surface area contributed by atoms with Crippen LogP contribution in [0.2, 0.25) is 5.15 Å². The van der Waals surface area contributed by atoms with Gasteiger partial charge in [-0.1, -0.05) is 23.7 Å². The van der Waals surface area contributed by atoms with Crippen molar-refractivity contribution >= 4 is 17.6 Å². The number of pyridine rings is 1. The number of hydrogen-bond donors (Lipinski definition) is 0. The molecule has 0 atom stereocenters. The van der Waals surface area contributed by atoms with Gasteiger partial charge in [-0.25, -0.2) is 4.98 Å². The molecule has 1 heterocycles. The average molecular weight is 334 g/mol. The minimum Gasteiger partial charge on any atom is -0.497 e. The zero-order chi connectivity index (χ0) is 17.0. The number of carbonyl (C=O) groups is 1. The molecular formula is C18H20ClNO3. The van der Waals surface area contributed by atoms with Crippen LogP contribution in [0.5, 0.6) is 5.75 Å². The maximum absolute atomic E-state index is 12.4. The van der Waals surface area contributed by atoms with Crippen LogP contribution >= 0.6 is 11.6 Å². The SMILES string of the molecule is COc1ccc(C(C)(C)C(=O)OCc2cc(C)cc(Cl)n2)cc1. The standard InChI is InChI=1S/C18H20ClNO3/c1-12-9-14(20-16(19)10-12)11-23-17(21)18(2,3)13-5-7-15(22-4)8-6-13/h5-10H,11H2,1-4H3. The van der Waals surface area contributed by atoms with E-state index < -0.39 is 5.41 Å². The van der Waals surface area contributed by atoms with E-state index in [9.17, 15) is 4.79 Å². The lowest BCUT2D eigenvalue weighted by Crippen LogP contribution is -2.31. The zero-order valence-corrected chi connectivity index (χ0v) is 14.5. The van der Waals surface area contributed by atoms with Crippen LogP contribution in [0.1, 0.15) is 30.7 Å². The Hall–Kier alpha value is -2.07. The fraction of sp³-hybridized carbons (Fsp3) is 0.333. The van der Waals surface area contributed by atoms with Crippen LogP contribution in [0.3, 0.4) is 0 Å². The van der Waals surface area contributed by atoms with Crippen molar-refractivity contribution < 1.29 is 14.3 Å². The minimum atomic E-state index is -0.764. The van der Waals surface area contributed by atoms with Gasteiger partial charge in [0.05, 0.1) is 18.2 Å². The number of halogens is 1. The summed E-state index contributed by atoms with van der Waals surface area (Å²) in [5, 5.41) is 0.394. The van der Waals surface area contributed by atoms with E-state index in [0.717, 1.165) is 16.9 Å². The van der Waals surface area contributed by atoms with Crippen molar-refractivity contribution in [2.24, 2.45) is 0 Å². The Morgan fingerprint density at radius 2 is 1.87 bits per heavy atom. The lowest BCUT2D eigenvalue weighted by molar-refractivity contribution is -0.150. The van der Waals surface area contributed by atoms with E-state index in [1.165, 1.54) is 0 Å². The molecule has 23 heavy (non-hydrogen) atoms. The molecule has 0 saturated carbocycles. The normalized spacial score (nSPS) is 11.2. The molecule has 0 N–H and O–H groups in total. The number of methoxy groups -OCH3 is 1. The second kappa shape index (κ2) is 7.01. The van der Waals surface area contributed by atoms with Crippen LogP contribution in [0.4, 0.5) is 0 Å². The lowest BCUT2D eigenvalue weighted by atomic mass is 9.85. The van der Waals surface area contributed by atoms with Gasteiger partial charge in [-0.05, 0) is 56.2 Å². The van der Waals surface area contributed by atoms with Crippen molar-refractivity contribution in [3.63, 3.8) is 0 Å². The summed E-state index contributed by atoms with van der Waals surface area (Å²) in [7, 11) is 1.61. The highest BCUT2D eigenvalue weighted by atomic mass is 35.5. The summed E-state index contributed by atoms with van der Waals surface area (Å²) in [4.78, 5) is 16.6. The number of esters is 1. The number of benzene rings is 1. The molecule has 0 spiro atoms. The summed E-state index contributed by atoms with van der Waals surface area (Å²) in [6.07, 6.45) is 0. The second-order valence-electron chi connectivity index (χ2n) is 5.89. The molecule has 0 fully saturated rings. The van der Waals surface area contributed by atoms with Crippen molar-refractivity contribution in [3.8, 4) is 5.75 Å². The van der Waals surface area contributed by atoms with E-state index >= 15 is 0 Å². The second-order valence-corrected chi connectivity index (χ2v) is 6.28. The Kier molecular flexibility index (Phi) is 5.26. The summed E-state index contributed by atoms with van der Waals surface area (Å²) in [6.45, 7) is 5.67. The zero-order valence-electron chi connectivity index (χ0n) is 13.7. The molecule has 0 unspecified atom stereocenters. The van der Waals surface area contributed by atoms with E-state index in [1.54, 1.807) is 13.2 Å². The van der Waals surface area contributed by atoms with Gasteiger partial charge in [0.25, 0.3) is 0 Å². The van der Waals surface area contributed by atoms with Crippen LogP contribution in [-0.2, 0) is 21.6 Å². The van der Waals surface area contributed by atoms with Crippen molar-refractivity contribution in [2.45, 2.75) is 32.8 Å². The Bertz CT molecular complexity index is 676. The number of aryl methyl sites for hydroxylation is 1. The van der Waals surface area contributed by atoms with E-state index in [4.69, 9.17) is 21.1 Å². The Morgan fingerprint density at radius 1 is 1.22 bits per heavy atom. The average Bonchev–Trinajstić information content (AvgIpc) is 2.51. The molecule has 4 nitrogen and oxygen atoms in total. The number of rotatable bonds is 5. The first-order valence-corrected chi connectivity index (χ1v) is 7.65. The molecule has 0 aliphatic rings. The third-order valence-electron chi connectivity index (χ3n) is 3.66. The molecule has 0 radical (unpaired) electrons. The van der Waals surface area contributed by atoms with Crippen LogP contribution in [0.15, 0.2) is 36.4 Å². The minimum absolute atomic E-state index is 0.0970. The molecule has 0 aliphatic carbocycles. The van der Waals surface area contributed by atoms with E-state index in [1.807, 2.05) is 51.1 Å². The first-order valence-electron chi connectivity index (χ1n) is 7.28. The highest BCUT2D eigenvalue weighted by molar-refractivity contribution is 6.29. The number of aromatic nitrogens is 1. The van der Waals surface area contributed by atoms with Crippen molar-refractivity contribution in [2.75, 3.05) is 7.11 Å². The van der Waals surface area contributed by atoms with Crippen LogP contribution in [0, 0.1) is 6.92 Å². The highest BCUT2D eigenvalue weighted by Gasteiger charge is 2.31. The van der Waals surface area contributed by atoms with Gasteiger partial charge in [0.15, 0.2) is 0 Å². The van der Waals surface area contributed by atoms with Gasteiger partial charge < -0.3 is 9.47 Å².